The topological polar surface area (TPSA) is 60.6 Å². The Morgan fingerprint density at radius 2 is 1.06 bits per heavy atom. The lowest BCUT2D eigenvalue weighted by atomic mass is 10.1. The summed E-state index contributed by atoms with van der Waals surface area (Å²) in [7, 11) is 0. The van der Waals surface area contributed by atoms with Crippen molar-refractivity contribution in [3.05, 3.63) is 171 Å². The van der Waals surface area contributed by atoms with Gasteiger partial charge in [0.25, 0.3) is 0 Å². The normalized spacial score (nSPS) is 11.4. The number of fused-ring (bicyclic) bond motifs is 7. The zero-order valence-corrected chi connectivity index (χ0v) is 26.6. The third-order valence-electron chi connectivity index (χ3n) is 9.01. The standard InChI is InChI=1S/C43H30N6/c1-3-28(2)44-31-19-14-20-32(27-31)48-37-23-12-10-21-33(37)35-25-26-36-34-22-11-13-24-38(34)49(40(36)39(35)48)43-46-41(29-15-6-4-7-16-29)45-42(47-43)30-17-8-5-9-18-30/h3-27,44H,1-2H2. The average molecular weight is 631 g/mol. The van der Waals surface area contributed by atoms with Crippen molar-refractivity contribution < 1.29 is 0 Å². The van der Waals surface area contributed by atoms with Gasteiger partial charge in [0.05, 0.1) is 22.1 Å². The van der Waals surface area contributed by atoms with E-state index < -0.39 is 0 Å². The molecule has 232 valence electrons. The van der Waals surface area contributed by atoms with E-state index >= 15 is 0 Å². The van der Waals surface area contributed by atoms with Gasteiger partial charge in [0.2, 0.25) is 5.95 Å². The molecule has 0 bridgehead atoms. The number of hydrogen-bond acceptors (Lipinski definition) is 4. The van der Waals surface area contributed by atoms with Crippen LogP contribution in [0.2, 0.25) is 0 Å². The van der Waals surface area contributed by atoms with E-state index in [1.54, 1.807) is 6.08 Å². The smallest absolute Gasteiger partial charge is 0.238 e. The molecule has 3 aromatic heterocycles. The van der Waals surface area contributed by atoms with Gasteiger partial charge in [-0.3, -0.25) is 4.57 Å². The Hall–Kier alpha value is -6.79. The molecular weight excluding hydrogens is 601 g/mol. The number of allylic oxidation sites excluding steroid dienone is 1. The molecule has 0 saturated carbocycles. The molecule has 49 heavy (non-hydrogen) atoms. The van der Waals surface area contributed by atoms with Crippen molar-refractivity contribution in [2.75, 3.05) is 5.32 Å². The van der Waals surface area contributed by atoms with Crippen LogP contribution in [-0.2, 0) is 0 Å². The van der Waals surface area contributed by atoms with Crippen LogP contribution in [0.15, 0.2) is 171 Å². The summed E-state index contributed by atoms with van der Waals surface area (Å²) in [6.45, 7) is 7.94. The summed E-state index contributed by atoms with van der Waals surface area (Å²) in [5.41, 5.74) is 8.74. The highest BCUT2D eigenvalue weighted by molar-refractivity contribution is 6.23. The van der Waals surface area contributed by atoms with E-state index in [1.165, 1.54) is 0 Å². The van der Waals surface area contributed by atoms with Crippen LogP contribution < -0.4 is 5.32 Å². The SMILES string of the molecule is C=CC(=C)Nc1cccc(-n2c3ccccc3c3ccc4c5ccccc5n(-c5nc(-c6ccccc6)nc(-c6ccccc6)n5)c4c32)c1. The molecule has 0 aliphatic heterocycles. The Labute approximate surface area is 283 Å². The average Bonchev–Trinajstić information content (AvgIpc) is 3.69. The second-order valence-electron chi connectivity index (χ2n) is 12.0. The Morgan fingerprint density at radius 3 is 1.65 bits per heavy atom. The van der Waals surface area contributed by atoms with Crippen molar-refractivity contribution in [3.8, 4) is 34.4 Å². The van der Waals surface area contributed by atoms with E-state index in [9.17, 15) is 0 Å². The fourth-order valence-corrected chi connectivity index (χ4v) is 6.83. The molecule has 0 amide bonds. The summed E-state index contributed by atoms with van der Waals surface area (Å²) in [5.74, 6) is 1.79. The van der Waals surface area contributed by atoms with E-state index in [0.717, 1.165) is 71.8 Å². The van der Waals surface area contributed by atoms with Crippen LogP contribution >= 0.6 is 0 Å². The second kappa shape index (κ2) is 11.5. The monoisotopic (exact) mass is 630 g/mol. The quantitative estimate of drug-likeness (QED) is 0.178. The minimum absolute atomic E-state index is 0.556. The second-order valence-corrected chi connectivity index (χ2v) is 12.0. The summed E-state index contributed by atoms with van der Waals surface area (Å²) in [6.07, 6.45) is 1.72. The summed E-state index contributed by atoms with van der Waals surface area (Å²) < 4.78 is 4.56. The van der Waals surface area contributed by atoms with Crippen molar-refractivity contribution >= 4 is 49.3 Å². The van der Waals surface area contributed by atoms with Crippen LogP contribution in [0.4, 0.5) is 5.69 Å². The van der Waals surface area contributed by atoms with Crippen LogP contribution in [0.5, 0.6) is 0 Å². The van der Waals surface area contributed by atoms with Crippen molar-refractivity contribution in [2.24, 2.45) is 0 Å². The summed E-state index contributed by atoms with van der Waals surface area (Å²) >= 11 is 0. The molecule has 9 aromatic rings. The van der Waals surface area contributed by atoms with Crippen molar-refractivity contribution in [1.29, 1.82) is 0 Å². The third-order valence-corrected chi connectivity index (χ3v) is 9.01. The molecule has 0 aliphatic carbocycles. The van der Waals surface area contributed by atoms with Gasteiger partial charge in [-0.2, -0.15) is 9.97 Å². The number of rotatable bonds is 7. The maximum atomic E-state index is 5.19. The minimum Gasteiger partial charge on any atom is -0.356 e. The zero-order valence-electron chi connectivity index (χ0n) is 26.6. The maximum Gasteiger partial charge on any atom is 0.238 e. The molecule has 0 saturated heterocycles. The van der Waals surface area contributed by atoms with Gasteiger partial charge >= 0.3 is 0 Å². The van der Waals surface area contributed by atoms with Crippen LogP contribution in [0.1, 0.15) is 0 Å². The Morgan fingerprint density at radius 1 is 0.531 bits per heavy atom. The van der Waals surface area contributed by atoms with Crippen LogP contribution in [0.25, 0.3) is 78.0 Å². The van der Waals surface area contributed by atoms with E-state index in [0.29, 0.717) is 17.6 Å². The van der Waals surface area contributed by atoms with Gasteiger partial charge in [-0.25, -0.2) is 4.98 Å². The van der Waals surface area contributed by atoms with Gasteiger partial charge in [-0.05, 0) is 36.4 Å². The van der Waals surface area contributed by atoms with Gasteiger partial charge in [0.15, 0.2) is 11.6 Å². The first kappa shape index (κ1) is 28.4. The summed E-state index contributed by atoms with van der Waals surface area (Å²) in [5, 5.41) is 7.91. The van der Waals surface area contributed by atoms with Gasteiger partial charge in [0.1, 0.15) is 0 Å². The summed E-state index contributed by atoms with van der Waals surface area (Å²) in [4.78, 5) is 15.4. The molecule has 0 radical (unpaired) electrons. The van der Waals surface area contributed by atoms with Gasteiger partial charge in [-0.1, -0.05) is 128 Å². The molecule has 6 heteroatoms. The molecule has 9 rings (SSSR count). The fraction of sp³-hybridized carbons (Fsp3) is 0. The molecule has 6 nitrogen and oxygen atoms in total. The number of nitrogens with one attached hydrogen (secondary N) is 1. The molecule has 0 fully saturated rings. The highest BCUT2D eigenvalue weighted by Crippen LogP contribution is 2.41. The van der Waals surface area contributed by atoms with Gasteiger partial charge < -0.3 is 9.88 Å². The van der Waals surface area contributed by atoms with Crippen molar-refractivity contribution in [3.63, 3.8) is 0 Å². The zero-order chi connectivity index (χ0) is 32.9. The van der Waals surface area contributed by atoms with E-state index in [4.69, 9.17) is 15.0 Å². The predicted molar refractivity (Wildman–Crippen MR) is 202 cm³/mol. The molecule has 0 aliphatic rings. The molecular formula is C43H30N6. The van der Waals surface area contributed by atoms with E-state index in [1.807, 2.05) is 66.7 Å². The molecule has 1 N–H and O–H groups in total. The summed E-state index contributed by atoms with van der Waals surface area (Å²) in [6, 6.07) is 50.1. The Bertz CT molecular complexity index is 2660. The molecule has 0 atom stereocenters. The number of anilines is 1. The molecule has 0 unspecified atom stereocenters. The van der Waals surface area contributed by atoms with Crippen LogP contribution in [-0.4, -0.2) is 24.1 Å². The van der Waals surface area contributed by atoms with Crippen LogP contribution in [0, 0.1) is 0 Å². The molecule has 0 spiro atoms. The Balaban J connectivity index is 1.43. The minimum atomic E-state index is 0.556. The van der Waals surface area contributed by atoms with Gasteiger partial charge in [0, 0.05) is 49.7 Å². The van der Waals surface area contributed by atoms with Crippen molar-refractivity contribution in [1.82, 2.24) is 24.1 Å². The number of benzene rings is 6. The van der Waals surface area contributed by atoms with Crippen LogP contribution in [0.3, 0.4) is 0 Å². The fourth-order valence-electron chi connectivity index (χ4n) is 6.83. The largest absolute Gasteiger partial charge is 0.356 e. The third kappa shape index (κ3) is 4.69. The van der Waals surface area contributed by atoms with E-state index in [-0.39, 0.29) is 0 Å². The predicted octanol–water partition coefficient (Wildman–Crippen LogP) is 10.5. The van der Waals surface area contributed by atoms with E-state index in [2.05, 4.69) is 106 Å². The lowest BCUT2D eigenvalue weighted by Crippen LogP contribution is -2.07. The highest BCUT2D eigenvalue weighted by Gasteiger charge is 2.23. The number of aromatic nitrogens is 5. The number of hydrogen-bond donors (Lipinski definition) is 1. The number of para-hydroxylation sites is 2. The lowest BCUT2D eigenvalue weighted by molar-refractivity contribution is 0.953. The highest BCUT2D eigenvalue weighted by atomic mass is 15.2. The molecule has 3 heterocycles. The Kier molecular flexibility index (Phi) is 6.66. The molecule has 6 aromatic carbocycles. The van der Waals surface area contributed by atoms with Crippen molar-refractivity contribution in [2.45, 2.75) is 0 Å². The first-order valence-corrected chi connectivity index (χ1v) is 16.2. The maximum absolute atomic E-state index is 5.19. The lowest BCUT2D eigenvalue weighted by Gasteiger charge is -2.14. The van der Waals surface area contributed by atoms with Gasteiger partial charge in [-0.15, -0.1) is 0 Å². The first-order chi connectivity index (χ1) is 24.2. The number of nitrogens with zero attached hydrogens (tertiary/aromatic N) is 5. The first-order valence-electron chi connectivity index (χ1n) is 16.2.